The highest BCUT2D eigenvalue weighted by atomic mass is 32.2. The molecule has 1 aliphatic heterocycles. The van der Waals surface area contributed by atoms with E-state index in [4.69, 9.17) is 0 Å². The second kappa shape index (κ2) is 7.83. The van der Waals surface area contributed by atoms with E-state index in [-0.39, 0.29) is 10.8 Å². The number of nitrogens with one attached hydrogen (secondary N) is 1. The Morgan fingerprint density at radius 2 is 2.11 bits per heavy atom. The number of rotatable bonds is 5. The normalized spacial score (nSPS) is 14.4. The van der Waals surface area contributed by atoms with Crippen LogP contribution >= 0.6 is 11.3 Å². The number of sulfonamides is 1. The van der Waals surface area contributed by atoms with Gasteiger partial charge in [0, 0.05) is 42.5 Å². The molecule has 0 spiro atoms. The molecule has 0 fully saturated rings. The first-order valence-electron chi connectivity index (χ1n) is 8.86. The van der Waals surface area contributed by atoms with Gasteiger partial charge >= 0.3 is 0 Å². The molecule has 0 aliphatic carbocycles. The molecule has 0 atom stereocenters. The number of hydrogen-bond acceptors (Lipinski definition) is 5. The lowest BCUT2D eigenvalue weighted by Crippen LogP contribution is -2.35. The standard InChI is InChI=1S/C20H19N3O3S2/c24-20(22-13-15-3-2-8-21-12-15)16-4-1-5-18(11-16)28(25,26)23-9-6-19-17(14-23)7-10-27-19/h1-5,7-8,10-12H,6,9,13-14H2,(H,22,24). The maximum atomic E-state index is 13.1. The Balaban J connectivity index is 1.50. The number of nitrogens with zero attached hydrogens (tertiary/aromatic N) is 2. The number of pyridine rings is 1. The Bertz CT molecular complexity index is 1090. The zero-order valence-electron chi connectivity index (χ0n) is 15.0. The fourth-order valence-corrected chi connectivity index (χ4v) is 5.52. The number of carbonyl (C=O) groups is 1. The lowest BCUT2D eigenvalue weighted by atomic mass is 10.1. The van der Waals surface area contributed by atoms with Crippen LogP contribution < -0.4 is 5.32 Å². The molecule has 3 aromatic rings. The molecule has 6 nitrogen and oxygen atoms in total. The minimum absolute atomic E-state index is 0.139. The van der Waals surface area contributed by atoms with Gasteiger partial charge in [0.1, 0.15) is 0 Å². The fraction of sp³-hybridized carbons (Fsp3) is 0.200. The van der Waals surface area contributed by atoms with Gasteiger partial charge in [0.05, 0.1) is 4.90 Å². The van der Waals surface area contributed by atoms with Gasteiger partial charge < -0.3 is 5.32 Å². The largest absolute Gasteiger partial charge is 0.348 e. The highest BCUT2D eigenvalue weighted by Gasteiger charge is 2.29. The van der Waals surface area contributed by atoms with Crippen LogP contribution in [0.3, 0.4) is 0 Å². The predicted octanol–water partition coefficient (Wildman–Crippen LogP) is 2.82. The Labute approximate surface area is 167 Å². The Hall–Kier alpha value is -2.55. The first kappa shape index (κ1) is 18.8. The highest BCUT2D eigenvalue weighted by Crippen LogP contribution is 2.28. The van der Waals surface area contributed by atoms with E-state index in [0.29, 0.717) is 25.2 Å². The van der Waals surface area contributed by atoms with E-state index in [9.17, 15) is 13.2 Å². The molecular weight excluding hydrogens is 394 g/mol. The first-order valence-corrected chi connectivity index (χ1v) is 11.2. The van der Waals surface area contributed by atoms with E-state index in [2.05, 4.69) is 10.3 Å². The van der Waals surface area contributed by atoms with E-state index in [1.165, 1.54) is 21.3 Å². The average molecular weight is 414 g/mol. The molecule has 0 unspecified atom stereocenters. The summed E-state index contributed by atoms with van der Waals surface area (Å²) in [4.78, 5) is 17.9. The van der Waals surface area contributed by atoms with Crippen molar-refractivity contribution < 1.29 is 13.2 Å². The lowest BCUT2D eigenvalue weighted by molar-refractivity contribution is 0.0950. The van der Waals surface area contributed by atoms with Crippen molar-refractivity contribution in [3.05, 3.63) is 81.8 Å². The van der Waals surface area contributed by atoms with Crippen LogP contribution in [0, 0.1) is 0 Å². The smallest absolute Gasteiger partial charge is 0.251 e. The van der Waals surface area contributed by atoms with Gasteiger partial charge in [-0.1, -0.05) is 12.1 Å². The third-order valence-corrected chi connectivity index (χ3v) is 7.55. The minimum Gasteiger partial charge on any atom is -0.348 e. The van der Waals surface area contributed by atoms with Gasteiger partial charge in [-0.25, -0.2) is 8.42 Å². The topological polar surface area (TPSA) is 79.4 Å². The molecule has 0 saturated heterocycles. The van der Waals surface area contributed by atoms with Crippen molar-refractivity contribution in [3.63, 3.8) is 0 Å². The quantitative estimate of drug-likeness (QED) is 0.698. The van der Waals surface area contributed by atoms with E-state index in [1.807, 2.05) is 17.5 Å². The Kier molecular flexibility index (Phi) is 5.25. The van der Waals surface area contributed by atoms with Crippen LogP contribution in [0.15, 0.2) is 65.1 Å². The van der Waals surface area contributed by atoms with Crippen molar-refractivity contribution in [2.75, 3.05) is 6.54 Å². The maximum Gasteiger partial charge on any atom is 0.251 e. The van der Waals surface area contributed by atoms with Gasteiger partial charge in [-0.05, 0) is 53.3 Å². The fourth-order valence-electron chi connectivity index (χ4n) is 3.16. The molecule has 1 aliphatic rings. The molecule has 0 saturated carbocycles. The summed E-state index contributed by atoms with van der Waals surface area (Å²) < 4.78 is 27.6. The molecule has 1 amide bonds. The number of benzene rings is 1. The third kappa shape index (κ3) is 3.84. The third-order valence-electron chi connectivity index (χ3n) is 4.68. The van der Waals surface area contributed by atoms with Crippen molar-refractivity contribution in [2.24, 2.45) is 0 Å². The minimum atomic E-state index is -3.66. The zero-order chi connectivity index (χ0) is 19.6. The molecule has 28 heavy (non-hydrogen) atoms. The summed E-state index contributed by atoms with van der Waals surface area (Å²) in [7, 11) is -3.66. The summed E-state index contributed by atoms with van der Waals surface area (Å²) in [5.41, 5.74) is 2.25. The molecule has 2 aromatic heterocycles. The van der Waals surface area contributed by atoms with Crippen LogP contribution in [-0.2, 0) is 29.5 Å². The monoisotopic (exact) mass is 413 g/mol. The van der Waals surface area contributed by atoms with E-state index < -0.39 is 10.0 Å². The number of thiophene rings is 1. The summed E-state index contributed by atoms with van der Waals surface area (Å²) in [6, 6.07) is 11.8. The van der Waals surface area contributed by atoms with Gasteiger partial charge in [0.2, 0.25) is 10.0 Å². The number of aromatic nitrogens is 1. The van der Waals surface area contributed by atoms with Gasteiger partial charge in [0.25, 0.3) is 5.91 Å². The van der Waals surface area contributed by atoms with Gasteiger partial charge in [0.15, 0.2) is 0 Å². The molecule has 0 bridgehead atoms. The summed E-state index contributed by atoms with van der Waals surface area (Å²) in [5.74, 6) is -0.320. The predicted molar refractivity (Wildman–Crippen MR) is 107 cm³/mol. The summed E-state index contributed by atoms with van der Waals surface area (Å²) in [6.45, 7) is 1.16. The van der Waals surface area contributed by atoms with E-state index >= 15 is 0 Å². The maximum absolute atomic E-state index is 13.1. The molecule has 0 radical (unpaired) electrons. The van der Waals surface area contributed by atoms with Crippen molar-refractivity contribution >= 4 is 27.3 Å². The van der Waals surface area contributed by atoms with Crippen LogP contribution in [0.1, 0.15) is 26.4 Å². The number of fused-ring (bicyclic) bond motifs is 1. The Morgan fingerprint density at radius 1 is 1.21 bits per heavy atom. The van der Waals surface area contributed by atoms with Crippen LogP contribution in [-0.4, -0.2) is 30.2 Å². The molecular formula is C20H19N3O3S2. The molecule has 1 aromatic carbocycles. The highest BCUT2D eigenvalue weighted by molar-refractivity contribution is 7.89. The van der Waals surface area contributed by atoms with Crippen molar-refractivity contribution in [3.8, 4) is 0 Å². The zero-order valence-corrected chi connectivity index (χ0v) is 16.7. The van der Waals surface area contributed by atoms with Crippen molar-refractivity contribution in [1.29, 1.82) is 0 Å². The summed E-state index contributed by atoms with van der Waals surface area (Å²) in [6.07, 6.45) is 4.06. The SMILES string of the molecule is O=C(NCc1cccnc1)c1cccc(S(=O)(=O)N2CCc3sccc3C2)c1. The van der Waals surface area contributed by atoms with Gasteiger partial charge in [-0.3, -0.25) is 9.78 Å². The molecule has 144 valence electrons. The number of amides is 1. The van der Waals surface area contributed by atoms with Crippen LogP contribution in [0.2, 0.25) is 0 Å². The molecule has 8 heteroatoms. The number of hydrogen-bond donors (Lipinski definition) is 1. The summed E-state index contributed by atoms with van der Waals surface area (Å²) >= 11 is 1.66. The van der Waals surface area contributed by atoms with Gasteiger partial charge in [-0.2, -0.15) is 4.31 Å². The molecule has 3 heterocycles. The van der Waals surface area contributed by atoms with E-state index in [1.54, 1.807) is 41.9 Å². The Morgan fingerprint density at radius 3 is 2.93 bits per heavy atom. The second-order valence-electron chi connectivity index (χ2n) is 6.53. The van der Waals surface area contributed by atoms with Gasteiger partial charge in [-0.15, -0.1) is 11.3 Å². The van der Waals surface area contributed by atoms with Crippen LogP contribution in [0.4, 0.5) is 0 Å². The lowest BCUT2D eigenvalue weighted by Gasteiger charge is -2.26. The van der Waals surface area contributed by atoms with Crippen molar-refractivity contribution in [2.45, 2.75) is 24.4 Å². The molecule has 4 rings (SSSR count). The molecule has 1 N–H and O–H groups in total. The first-order chi connectivity index (χ1) is 13.5. The second-order valence-corrected chi connectivity index (χ2v) is 9.47. The van der Waals surface area contributed by atoms with E-state index in [0.717, 1.165) is 17.5 Å². The summed E-state index contributed by atoms with van der Waals surface area (Å²) in [5, 5.41) is 4.79. The average Bonchev–Trinajstić information content (AvgIpc) is 3.21. The van der Waals surface area contributed by atoms with Crippen molar-refractivity contribution in [1.82, 2.24) is 14.6 Å². The van der Waals surface area contributed by atoms with Crippen LogP contribution in [0.25, 0.3) is 0 Å². The van der Waals surface area contributed by atoms with Crippen LogP contribution in [0.5, 0.6) is 0 Å². The number of carbonyl (C=O) groups excluding carboxylic acids is 1.